The fourth-order valence-corrected chi connectivity index (χ4v) is 1.26. The molecule has 6 heteroatoms. The minimum Gasteiger partial charge on any atom is -0.481 e. The zero-order valence-corrected chi connectivity index (χ0v) is 10.3. The van der Waals surface area contributed by atoms with Gasteiger partial charge in [-0.2, -0.15) is 0 Å². The summed E-state index contributed by atoms with van der Waals surface area (Å²) in [7, 11) is 2.76. The lowest BCUT2D eigenvalue weighted by molar-refractivity contribution is -0.255. The molecule has 0 atom stereocenters. The van der Waals surface area contributed by atoms with E-state index in [4.69, 9.17) is 19.3 Å². The third-order valence-corrected chi connectivity index (χ3v) is 2.13. The number of carbonyl (C=O) groups is 2. The van der Waals surface area contributed by atoms with Crippen LogP contribution in [0, 0.1) is 0 Å². The first kappa shape index (κ1) is 15.9. The molecular weight excluding hydrogens is 228 g/mol. The molecule has 0 saturated heterocycles. The van der Waals surface area contributed by atoms with E-state index in [1.165, 1.54) is 14.2 Å². The Kier molecular flexibility index (Phi) is 9.37. The first-order valence-corrected chi connectivity index (χ1v) is 5.57. The predicted octanol–water partition coefficient (Wildman–Crippen LogP) is 1.53. The van der Waals surface area contributed by atoms with E-state index in [9.17, 15) is 9.59 Å². The molecule has 6 nitrogen and oxygen atoms in total. The second kappa shape index (κ2) is 10.0. The summed E-state index contributed by atoms with van der Waals surface area (Å²) < 4.78 is 14.2. The van der Waals surface area contributed by atoms with Crippen molar-refractivity contribution in [2.75, 3.05) is 14.2 Å². The van der Waals surface area contributed by atoms with E-state index >= 15 is 0 Å². The van der Waals surface area contributed by atoms with Gasteiger partial charge in [0.2, 0.25) is 0 Å². The minimum atomic E-state index is -0.950. The van der Waals surface area contributed by atoms with Gasteiger partial charge in [-0.15, -0.1) is 0 Å². The Bertz CT molecular complexity index is 224. The average Bonchev–Trinajstić information content (AvgIpc) is 2.30. The van der Waals surface area contributed by atoms with Crippen molar-refractivity contribution in [1.29, 1.82) is 0 Å². The van der Waals surface area contributed by atoms with E-state index < -0.39 is 12.4 Å². The summed E-state index contributed by atoms with van der Waals surface area (Å²) in [5.41, 5.74) is 0. The van der Waals surface area contributed by atoms with Crippen LogP contribution in [0.4, 0.5) is 0 Å². The van der Waals surface area contributed by atoms with Gasteiger partial charge in [0, 0.05) is 27.1 Å². The Morgan fingerprint density at radius 3 is 2.00 bits per heavy atom. The van der Waals surface area contributed by atoms with Gasteiger partial charge in [0.25, 0.3) is 0 Å². The number of aliphatic carboxylic acids is 1. The number of hydrogen-bond acceptors (Lipinski definition) is 5. The highest BCUT2D eigenvalue weighted by atomic mass is 16.8. The molecule has 100 valence electrons. The molecule has 0 aliphatic rings. The van der Waals surface area contributed by atoms with Crippen LogP contribution in [-0.4, -0.2) is 37.7 Å². The molecule has 0 spiro atoms. The molecule has 0 fully saturated rings. The number of rotatable bonds is 10. The molecule has 0 heterocycles. The number of esters is 1. The number of carboxylic acid groups (broad SMARTS) is 1. The highest BCUT2D eigenvalue weighted by Crippen LogP contribution is 2.07. The molecule has 0 saturated carbocycles. The molecule has 1 N–H and O–H groups in total. The second-order valence-electron chi connectivity index (χ2n) is 3.56. The highest BCUT2D eigenvalue weighted by molar-refractivity contribution is 5.69. The van der Waals surface area contributed by atoms with Gasteiger partial charge >= 0.3 is 18.4 Å². The van der Waals surface area contributed by atoms with E-state index in [2.05, 4.69) is 0 Å². The van der Waals surface area contributed by atoms with Crippen molar-refractivity contribution in [3.8, 4) is 0 Å². The molecular formula is C11H20O6. The average molecular weight is 248 g/mol. The van der Waals surface area contributed by atoms with E-state index in [1.807, 2.05) is 0 Å². The molecule has 0 bridgehead atoms. The Balaban J connectivity index is 3.42. The monoisotopic (exact) mass is 248 g/mol. The predicted molar refractivity (Wildman–Crippen MR) is 59.2 cm³/mol. The largest absolute Gasteiger partial charge is 0.481 e. The first-order chi connectivity index (χ1) is 8.10. The smallest absolute Gasteiger partial charge is 0.317 e. The van der Waals surface area contributed by atoms with Gasteiger partial charge in [-0.05, 0) is 12.8 Å². The van der Waals surface area contributed by atoms with Crippen LogP contribution in [0.5, 0.6) is 0 Å². The maximum atomic E-state index is 11.2. The molecule has 0 aromatic heterocycles. The molecule has 0 aromatic rings. The SMILES string of the molecule is COC(OC)OC(=O)CCCCCCC(=O)O. The van der Waals surface area contributed by atoms with Gasteiger partial charge in [-0.1, -0.05) is 12.8 Å². The van der Waals surface area contributed by atoms with Crippen molar-refractivity contribution in [2.45, 2.75) is 45.0 Å². The third-order valence-electron chi connectivity index (χ3n) is 2.13. The van der Waals surface area contributed by atoms with Gasteiger partial charge in [-0.3, -0.25) is 9.59 Å². The van der Waals surface area contributed by atoms with Crippen LogP contribution in [0.1, 0.15) is 38.5 Å². The van der Waals surface area contributed by atoms with Crippen LogP contribution in [0.3, 0.4) is 0 Å². The van der Waals surface area contributed by atoms with Gasteiger partial charge < -0.3 is 19.3 Å². The van der Waals surface area contributed by atoms with Crippen LogP contribution in [0.15, 0.2) is 0 Å². The van der Waals surface area contributed by atoms with Crippen LogP contribution >= 0.6 is 0 Å². The van der Waals surface area contributed by atoms with Crippen molar-refractivity contribution in [1.82, 2.24) is 0 Å². The maximum Gasteiger partial charge on any atom is 0.317 e. The molecule has 0 rings (SSSR count). The van der Waals surface area contributed by atoms with Crippen molar-refractivity contribution in [2.24, 2.45) is 0 Å². The van der Waals surface area contributed by atoms with Crippen LogP contribution in [0.25, 0.3) is 0 Å². The molecule has 0 aliphatic heterocycles. The van der Waals surface area contributed by atoms with Crippen molar-refractivity contribution in [3.05, 3.63) is 0 Å². The number of hydrogen-bond donors (Lipinski definition) is 1. The summed E-state index contributed by atoms with van der Waals surface area (Å²) >= 11 is 0. The summed E-state index contributed by atoms with van der Waals surface area (Å²) in [6.07, 6.45) is 3.41. The Morgan fingerprint density at radius 1 is 1.00 bits per heavy atom. The topological polar surface area (TPSA) is 82.1 Å². The first-order valence-electron chi connectivity index (χ1n) is 5.57. The third kappa shape index (κ3) is 9.77. The fraction of sp³-hybridized carbons (Fsp3) is 0.818. The zero-order valence-electron chi connectivity index (χ0n) is 10.3. The molecule has 0 amide bonds. The van der Waals surface area contributed by atoms with E-state index in [-0.39, 0.29) is 18.8 Å². The molecule has 0 unspecified atom stereocenters. The summed E-state index contributed by atoms with van der Waals surface area (Å²) in [5, 5.41) is 8.41. The quantitative estimate of drug-likeness (QED) is 0.358. The minimum absolute atomic E-state index is 0.180. The summed E-state index contributed by atoms with van der Waals surface area (Å²) in [6, 6.07) is 0. The lowest BCUT2D eigenvalue weighted by atomic mass is 10.1. The number of carbonyl (C=O) groups excluding carboxylic acids is 1. The van der Waals surface area contributed by atoms with Crippen LogP contribution in [-0.2, 0) is 23.8 Å². The van der Waals surface area contributed by atoms with Gasteiger partial charge in [0.15, 0.2) is 0 Å². The second-order valence-corrected chi connectivity index (χ2v) is 3.56. The van der Waals surface area contributed by atoms with Gasteiger partial charge in [0.05, 0.1) is 0 Å². The summed E-state index contributed by atoms with van der Waals surface area (Å²) in [5.74, 6) is -1.16. The van der Waals surface area contributed by atoms with Crippen LogP contribution in [0.2, 0.25) is 0 Å². The van der Waals surface area contributed by atoms with Gasteiger partial charge in [0.1, 0.15) is 0 Å². The molecule has 0 aliphatic carbocycles. The normalized spacial score (nSPS) is 10.5. The molecule has 0 aromatic carbocycles. The number of unbranched alkanes of at least 4 members (excludes halogenated alkanes) is 3. The lowest BCUT2D eigenvalue weighted by Gasteiger charge is -2.13. The van der Waals surface area contributed by atoms with Crippen molar-refractivity contribution >= 4 is 11.9 Å². The highest BCUT2D eigenvalue weighted by Gasteiger charge is 2.11. The van der Waals surface area contributed by atoms with E-state index in [0.717, 1.165) is 12.8 Å². The number of ether oxygens (including phenoxy) is 3. The fourth-order valence-electron chi connectivity index (χ4n) is 1.26. The lowest BCUT2D eigenvalue weighted by Crippen LogP contribution is -2.21. The standard InChI is InChI=1S/C11H20O6/c1-15-11(16-2)17-10(14)8-6-4-3-5-7-9(12)13/h11H,3-8H2,1-2H3,(H,12,13). The zero-order chi connectivity index (χ0) is 13.1. The van der Waals surface area contributed by atoms with Crippen molar-refractivity contribution in [3.63, 3.8) is 0 Å². The van der Waals surface area contributed by atoms with E-state index in [1.54, 1.807) is 0 Å². The summed E-state index contributed by atoms with van der Waals surface area (Å²) in [6.45, 7) is -0.950. The maximum absolute atomic E-state index is 11.2. The Morgan fingerprint density at radius 2 is 1.53 bits per heavy atom. The van der Waals surface area contributed by atoms with Gasteiger partial charge in [-0.25, -0.2) is 0 Å². The molecule has 17 heavy (non-hydrogen) atoms. The summed E-state index contributed by atoms with van der Waals surface area (Å²) in [4.78, 5) is 21.5. The Labute approximate surface area is 101 Å². The molecule has 0 radical (unpaired) electrons. The number of methoxy groups -OCH3 is 2. The number of carboxylic acids is 1. The van der Waals surface area contributed by atoms with Crippen molar-refractivity contribution < 1.29 is 28.9 Å². The Hall–Kier alpha value is -1.14. The van der Waals surface area contributed by atoms with Crippen LogP contribution < -0.4 is 0 Å². The van der Waals surface area contributed by atoms with E-state index in [0.29, 0.717) is 12.8 Å².